The van der Waals surface area contributed by atoms with Gasteiger partial charge in [0, 0.05) is 25.8 Å². The summed E-state index contributed by atoms with van der Waals surface area (Å²) in [7, 11) is 1.18. The largest absolute Gasteiger partial charge is 0.310 e. The normalized spacial score (nSPS) is 25.8. The first kappa shape index (κ1) is 20.9. The summed E-state index contributed by atoms with van der Waals surface area (Å²) in [5.74, 6) is 0.684. The van der Waals surface area contributed by atoms with Crippen molar-refractivity contribution >= 4 is 5.78 Å². The molecule has 4 heteroatoms. The molecule has 1 heterocycles. The fraction of sp³-hybridized carbons (Fsp3) is 0.933. The van der Waals surface area contributed by atoms with E-state index >= 15 is 0 Å². The van der Waals surface area contributed by atoms with Crippen LogP contribution in [-0.2, 0) is 9.68 Å². The summed E-state index contributed by atoms with van der Waals surface area (Å²) in [5, 5.41) is 10.7. The summed E-state index contributed by atoms with van der Waals surface area (Å²) in [6, 6.07) is 0.873. The van der Waals surface area contributed by atoms with Crippen molar-refractivity contribution in [2.45, 2.75) is 78.8 Å². The Labute approximate surface area is 120 Å². The number of hydrogen-bond acceptors (Lipinski definition) is 4. The fourth-order valence-electron chi connectivity index (χ4n) is 2.34. The van der Waals surface area contributed by atoms with E-state index in [2.05, 4.69) is 31.0 Å². The molecule has 1 rings (SSSR count). The highest BCUT2D eigenvalue weighted by atomic mass is 17.1. The number of piperidine rings is 1. The molecule has 0 bridgehead atoms. The highest BCUT2D eigenvalue weighted by Crippen LogP contribution is 2.21. The SMILES string of the molecule is CC.CCC[C@H]1CC(=O)[C@H](C)[C@@H](CCC)N1.COO.[HH]. The van der Waals surface area contributed by atoms with Gasteiger partial charge in [-0.1, -0.05) is 47.5 Å². The molecule has 19 heavy (non-hydrogen) atoms. The maximum Gasteiger partial charge on any atom is 0.138 e. The van der Waals surface area contributed by atoms with E-state index < -0.39 is 0 Å². The van der Waals surface area contributed by atoms with Crippen LogP contribution in [-0.4, -0.2) is 30.2 Å². The summed E-state index contributed by atoms with van der Waals surface area (Å²) >= 11 is 0. The Morgan fingerprint density at radius 3 is 2.21 bits per heavy atom. The van der Waals surface area contributed by atoms with Gasteiger partial charge in [-0.05, 0) is 12.8 Å². The molecule has 4 nitrogen and oxygen atoms in total. The average Bonchev–Trinajstić information content (AvgIpc) is 2.39. The van der Waals surface area contributed by atoms with E-state index in [4.69, 9.17) is 5.26 Å². The van der Waals surface area contributed by atoms with Crippen LogP contribution in [0.2, 0.25) is 0 Å². The van der Waals surface area contributed by atoms with Crippen molar-refractivity contribution < 1.29 is 16.4 Å². The molecule has 1 fully saturated rings. The Balaban J connectivity index is -0.000000426. The molecule has 0 unspecified atom stereocenters. The Morgan fingerprint density at radius 2 is 1.79 bits per heavy atom. The number of hydrogen-bond donors (Lipinski definition) is 2. The molecule has 118 valence electrons. The van der Waals surface area contributed by atoms with Gasteiger partial charge in [0.15, 0.2) is 0 Å². The van der Waals surface area contributed by atoms with E-state index in [0.29, 0.717) is 17.9 Å². The zero-order valence-corrected chi connectivity index (χ0v) is 13.5. The lowest BCUT2D eigenvalue weighted by molar-refractivity contribution is -0.214. The molecule has 3 atom stereocenters. The van der Waals surface area contributed by atoms with Crippen LogP contribution in [0.4, 0.5) is 0 Å². The third-order valence-electron chi connectivity index (χ3n) is 3.25. The van der Waals surface area contributed by atoms with E-state index in [1.165, 1.54) is 7.11 Å². The molecule has 1 aliphatic heterocycles. The van der Waals surface area contributed by atoms with E-state index in [1.54, 1.807) is 0 Å². The second-order valence-electron chi connectivity index (χ2n) is 4.69. The number of rotatable bonds is 4. The Hall–Kier alpha value is -0.450. The van der Waals surface area contributed by atoms with Crippen LogP contribution in [0.25, 0.3) is 0 Å². The molecule has 0 aromatic rings. The van der Waals surface area contributed by atoms with Crippen molar-refractivity contribution in [3.05, 3.63) is 0 Å². The summed E-state index contributed by atoms with van der Waals surface area (Å²) in [5.41, 5.74) is 0. The Bertz CT molecular complexity index is 215. The van der Waals surface area contributed by atoms with Gasteiger partial charge in [-0.3, -0.25) is 10.1 Å². The highest BCUT2D eigenvalue weighted by Gasteiger charge is 2.31. The van der Waals surface area contributed by atoms with Crippen molar-refractivity contribution in [3.8, 4) is 0 Å². The van der Waals surface area contributed by atoms with Gasteiger partial charge in [0.1, 0.15) is 5.78 Å². The first-order valence-electron chi connectivity index (χ1n) is 7.56. The summed E-state index contributed by atoms with van der Waals surface area (Å²) < 4.78 is 0. The van der Waals surface area contributed by atoms with Crippen molar-refractivity contribution in [2.75, 3.05) is 7.11 Å². The van der Waals surface area contributed by atoms with Crippen molar-refractivity contribution in [2.24, 2.45) is 5.92 Å². The lowest BCUT2D eigenvalue weighted by Crippen LogP contribution is -2.50. The van der Waals surface area contributed by atoms with Gasteiger partial charge >= 0.3 is 0 Å². The Morgan fingerprint density at radius 1 is 1.32 bits per heavy atom. The monoisotopic (exact) mass is 277 g/mol. The van der Waals surface area contributed by atoms with Gasteiger partial charge in [-0.2, -0.15) is 0 Å². The standard InChI is InChI=1S/C12H23NO.C2H6.CH4O2.H2/c1-4-6-10-8-12(14)9(3)11(13-10)7-5-2;1-2;1-3-2;/h9-11,13H,4-8H2,1-3H3;1-2H3;2H,1H3;1H/t9-,10+,11-;;;/m1.../s1. The van der Waals surface area contributed by atoms with Crippen LogP contribution >= 0.6 is 0 Å². The molecular weight excluding hydrogens is 242 g/mol. The maximum atomic E-state index is 11.7. The average molecular weight is 277 g/mol. The minimum Gasteiger partial charge on any atom is -0.310 e. The number of carbonyl (C=O) groups is 1. The first-order valence-corrected chi connectivity index (χ1v) is 7.56. The van der Waals surface area contributed by atoms with Gasteiger partial charge in [-0.15, -0.1) is 0 Å². The van der Waals surface area contributed by atoms with Gasteiger partial charge in [0.05, 0.1) is 7.11 Å². The molecule has 0 saturated carbocycles. The van der Waals surface area contributed by atoms with Crippen molar-refractivity contribution in [3.63, 3.8) is 0 Å². The predicted molar refractivity (Wildman–Crippen MR) is 82.4 cm³/mol. The molecule has 2 N–H and O–H groups in total. The topological polar surface area (TPSA) is 58.6 Å². The molecule has 0 spiro atoms. The third-order valence-corrected chi connectivity index (χ3v) is 3.25. The molecule has 0 radical (unpaired) electrons. The van der Waals surface area contributed by atoms with E-state index in [-0.39, 0.29) is 7.34 Å². The quantitative estimate of drug-likeness (QED) is 0.604. The Kier molecular flexibility index (Phi) is 15.3. The molecule has 1 aliphatic rings. The van der Waals surface area contributed by atoms with Crippen LogP contribution in [0.3, 0.4) is 0 Å². The van der Waals surface area contributed by atoms with E-state index in [0.717, 1.165) is 32.1 Å². The molecule has 1 saturated heterocycles. The predicted octanol–water partition coefficient (Wildman–Crippen LogP) is 3.90. The van der Waals surface area contributed by atoms with Gasteiger partial charge in [0.25, 0.3) is 0 Å². The first-order chi connectivity index (χ1) is 9.10. The smallest absolute Gasteiger partial charge is 0.138 e. The van der Waals surface area contributed by atoms with Gasteiger partial charge < -0.3 is 5.32 Å². The maximum absolute atomic E-state index is 11.7. The molecule has 0 aromatic heterocycles. The summed E-state index contributed by atoms with van der Waals surface area (Å²) in [6.45, 7) is 10.4. The minimum atomic E-state index is 0. The second kappa shape index (κ2) is 14.0. The summed E-state index contributed by atoms with van der Waals surface area (Å²) in [6.07, 6.45) is 5.34. The van der Waals surface area contributed by atoms with Gasteiger partial charge in [0.2, 0.25) is 0 Å². The van der Waals surface area contributed by atoms with Crippen LogP contribution in [0.15, 0.2) is 0 Å². The van der Waals surface area contributed by atoms with Crippen molar-refractivity contribution in [1.29, 1.82) is 0 Å². The molecular formula is C15H35NO3. The molecule has 0 aliphatic carbocycles. The minimum absolute atomic E-state index is 0. The third kappa shape index (κ3) is 9.14. The number of ketones is 1. The zero-order chi connectivity index (χ0) is 15.3. The number of Topliss-reactive ketones (excluding diaryl/α,β-unsaturated/α-hetero) is 1. The number of carbonyl (C=O) groups excluding carboxylic acids is 1. The highest BCUT2D eigenvalue weighted by molar-refractivity contribution is 5.82. The van der Waals surface area contributed by atoms with Crippen LogP contribution in [0, 0.1) is 5.92 Å². The van der Waals surface area contributed by atoms with Crippen molar-refractivity contribution in [1.82, 2.24) is 5.32 Å². The lowest BCUT2D eigenvalue weighted by Gasteiger charge is -2.34. The molecule has 0 aromatic carbocycles. The zero-order valence-electron chi connectivity index (χ0n) is 13.5. The van der Waals surface area contributed by atoms with Crippen LogP contribution in [0.5, 0.6) is 0 Å². The van der Waals surface area contributed by atoms with Crippen LogP contribution < -0.4 is 5.32 Å². The number of nitrogens with one attached hydrogen (secondary N) is 1. The lowest BCUT2D eigenvalue weighted by atomic mass is 9.84. The van der Waals surface area contributed by atoms with Crippen LogP contribution in [0.1, 0.15) is 68.1 Å². The fourth-order valence-corrected chi connectivity index (χ4v) is 2.34. The van der Waals surface area contributed by atoms with E-state index in [9.17, 15) is 4.79 Å². The van der Waals surface area contributed by atoms with Gasteiger partial charge in [-0.25, -0.2) is 4.89 Å². The van der Waals surface area contributed by atoms with E-state index in [1.807, 2.05) is 13.8 Å². The molecule has 0 amide bonds. The summed E-state index contributed by atoms with van der Waals surface area (Å²) in [4.78, 5) is 15.0. The second-order valence-corrected chi connectivity index (χ2v) is 4.69.